The van der Waals surface area contributed by atoms with Gasteiger partial charge in [0.1, 0.15) is 5.82 Å². The Morgan fingerprint density at radius 3 is 2.81 bits per heavy atom. The molecule has 8 nitrogen and oxygen atoms in total. The molecule has 8 heteroatoms. The molecule has 1 saturated carbocycles. The van der Waals surface area contributed by atoms with E-state index in [2.05, 4.69) is 30.8 Å². The summed E-state index contributed by atoms with van der Waals surface area (Å²) in [6.45, 7) is 0.624. The maximum atomic E-state index is 7.82. The van der Waals surface area contributed by atoms with Gasteiger partial charge in [-0.05, 0) is 60.2 Å². The van der Waals surface area contributed by atoms with Crippen molar-refractivity contribution in [1.29, 1.82) is 5.41 Å². The zero-order valence-electron chi connectivity index (χ0n) is 17.4. The van der Waals surface area contributed by atoms with Crippen LogP contribution in [0, 0.1) is 5.41 Å². The number of fused-ring (bicyclic) bond motifs is 1. The number of pyridine rings is 3. The summed E-state index contributed by atoms with van der Waals surface area (Å²) in [5, 5.41) is 22.6. The summed E-state index contributed by atoms with van der Waals surface area (Å²) in [6.07, 6.45) is 12.7. The summed E-state index contributed by atoms with van der Waals surface area (Å²) < 4.78 is 0. The van der Waals surface area contributed by atoms with Crippen molar-refractivity contribution in [2.24, 2.45) is 0 Å². The monoisotopic (exact) mass is 422 g/mol. The van der Waals surface area contributed by atoms with Crippen LogP contribution in [0.25, 0.3) is 16.6 Å². The second-order valence-corrected chi connectivity index (χ2v) is 7.72. The number of hydrogen-bond acceptors (Lipinski definition) is 8. The van der Waals surface area contributed by atoms with Crippen molar-refractivity contribution in [3.63, 3.8) is 0 Å². The van der Waals surface area contributed by atoms with Crippen LogP contribution in [0.3, 0.4) is 0 Å². The molecule has 0 unspecified atom stereocenters. The van der Waals surface area contributed by atoms with Crippen molar-refractivity contribution in [2.45, 2.75) is 25.3 Å². The number of rotatable bonds is 8. The summed E-state index contributed by atoms with van der Waals surface area (Å²) >= 11 is 0. The minimum Gasteiger partial charge on any atom is -0.386 e. The normalized spacial score (nSPS) is 13.7. The highest BCUT2D eigenvalue weighted by Gasteiger charge is 2.24. The van der Waals surface area contributed by atoms with Gasteiger partial charge in [0.2, 0.25) is 0 Å². The van der Waals surface area contributed by atoms with E-state index in [9.17, 15) is 0 Å². The van der Waals surface area contributed by atoms with Gasteiger partial charge in [0.15, 0.2) is 5.82 Å². The molecule has 0 spiro atoms. The number of aromatic nitrogens is 5. The zero-order chi connectivity index (χ0) is 21.8. The van der Waals surface area contributed by atoms with Crippen molar-refractivity contribution < 1.29 is 0 Å². The van der Waals surface area contributed by atoms with E-state index < -0.39 is 0 Å². The Kier molecular flexibility index (Phi) is 5.48. The maximum Gasteiger partial charge on any atom is 0.154 e. The summed E-state index contributed by atoms with van der Waals surface area (Å²) in [6, 6.07) is 11.7. The molecule has 0 atom stereocenters. The molecule has 3 N–H and O–H groups in total. The number of anilines is 2. The molecule has 0 saturated heterocycles. The van der Waals surface area contributed by atoms with E-state index in [-0.39, 0.29) is 0 Å². The lowest BCUT2D eigenvalue weighted by Crippen LogP contribution is -2.06. The van der Waals surface area contributed by atoms with Gasteiger partial charge in [-0.25, -0.2) is 4.98 Å². The van der Waals surface area contributed by atoms with Crippen molar-refractivity contribution in [2.75, 3.05) is 5.32 Å². The van der Waals surface area contributed by atoms with Gasteiger partial charge in [0.05, 0.1) is 17.2 Å². The Hall–Kier alpha value is -4.20. The summed E-state index contributed by atoms with van der Waals surface area (Å²) in [5.41, 5.74) is 5.32. The maximum absolute atomic E-state index is 7.82. The molecule has 0 amide bonds. The lowest BCUT2D eigenvalue weighted by molar-refractivity contribution is 0.866. The molecule has 158 valence electrons. The molecule has 4 heterocycles. The molecule has 0 aromatic carbocycles. The fraction of sp³-hybridized carbons (Fsp3) is 0.167. The third-order valence-electron chi connectivity index (χ3n) is 5.29. The van der Waals surface area contributed by atoms with Crippen LogP contribution in [0.5, 0.6) is 0 Å². The molecular weight excluding hydrogens is 400 g/mol. The quantitative estimate of drug-likeness (QED) is 0.365. The van der Waals surface area contributed by atoms with Gasteiger partial charge in [0.25, 0.3) is 0 Å². The van der Waals surface area contributed by atoms with E-state index in [1.165, 1.54) is 24.6 Å². The minimum absolute atomic E-state index is 0.612. The SMILES string of the molecule is N=C/C(=C\NCc1cccnc1)c1cnc2ccc(Nc3cc(C4CC4)cnn3)nc2c1. The fourth-order valence-electron chi connectivity index (χ4n) is 3.44. The van der Waals surface area contributed by atoms with Crippen LogP contribution < -0.4 is 10.6 Å². The standard InChI is InChI=1S/C24H22N8/c25-10-20(13-27-12-16-2-1-7-26-11-16)18-8-22-21(28-14-18)5-6-23(30-22)31-24-9-19(15-29-32-24)17-3-4-17/h1-2,5-11,13-15,17,25,27H,3-4,12H2,(H,30,31,32)/b20-13+,25-10?. The van der Waals surface area contributed by atoms with E-state index in [0.29, 0.717) is 29.7 Å². The van der Waals surface area contributed by atoms with Crippen LogP contribution in [-0.2, 0) is 6.54 Å². The summed E-state index contributed by atoms with van der Waals surface area (Å²) in [7, 11) is 0. The highest BCUT2D eigenvalue weighted by atomic mass is 15.2. The average Bonchev–Trinajstić information content (AvgIpc) is 3.68. The van der Waals surface area contributed by atoms with Crippen LogP contribution >= 0.6 is 0 Å². The second kappa shape index (κ2) is 8.89. The van der Waals surface area contributed by atoms with E-state index >= 15 is 0 Å². The highest BCUT2D eigenvalue weighted by Crippen LogP contribution is 2.40. The van der Waals surface area contributed by atoms with Crippen LogP contribution in [0.15, 0.2) is 67.4 Å². The predicted molar refractivity (Wildman–Crippen MR) is 125 cm³/mol. The first kappa shape index (κ1) is 19.7. The molecule has 1 fully saturated rings. The first-order chi connectivity index (χ1) is 15.8. The molecule has 5 rings (SSSR count). The smallest absolute Gasteiger partial charge is 0.154 e. The van der Waals surface area contributed by atoms with Crippen molar-refractivity contribution in [3.8, 4) is 0 Å². The molecule has 1 aliphatic carbocycles. The zero-order valence-corrected chi connectivity index (χ0v) is 17.4. The third-order valence-corrected chi connectivity index (χ3v) is 5.29. The average molecular weight is 422 g/mol. The Bertz CT molecular complexity index is 1280. The second-order valence-electron chi connectivity index (χ2n) is 7.72. The topological polar surface area (TPSA) is 112 Å². The fourth-order valence-corrected chi connectivity index (χ4v) is 3.44. The van der Waals surface area contributed by atoms with E-state index in [1.807, 2.05) is 55.0 Å². The molecule has 0 bridgehead atoms. The molecule has 4 aromatic rings. The Morgan fingerprint density at radius 2 is 2.00 bits per heavy atom. The number of hydrogen-bond donors (Lipinski definition) is 3. The van der Waals surface area contributed by atoms with Gasteiger partial charge in [-0.2, -0.15) is 5.10 Å². The largest absolute Gasteiger partial charge is 0.386 e. The summed E-state index contributed by atoms with van der Waals surface area (Å²) in [4.78, 5) is 13.3. The number of nitrogens with zero attached hydrogens (tertiary/aromatic N) is 5. The van der Waals surface area contributed by atoms with Gasteiger partial charge < -0.3 is 16.0 Å². The van der Waals surface area contributed by atoms with E-state index in [0.717, 1.165) is 22.2 Å². The van der Waals surface area contributed by atoms with Crippen LogP contribution in [0.2, 0.25) is 0 Å². The van der Waals surface area contributed by atoms with Crippen molar-refractivity contribution >= 4 is 34.5 Å². The lowest BCUT2D eigenvalue weighted by Gasteiger charge is -2.08. The van der Waals surface area contributed by atoms with Crippen LogP contribution in [-0.4, -0.2) is 31.4 Å². The minimum atomic E-state index is 0.612. The molecule has 32 heavy (non-hydrogen) atoms. The Labute approximate surface area is 185 Å². The van der Waals surface area contributed by atoms with E-state index in [4.69, 9.17) is 10.4 Å². The molecular formula is C24H22N8. The predicted octanol–water partition coefficient (Wildman–Crippen LogP) is 4.22. The van der Waals surface area contributed by atoms with Gasteiger partial charge in [-0.3, -0.25) is 9.97 Å². The highest BCUT2D eigenvalue weighted by molar-refractivity contribution is 6.08. The number of nitrogens with one attached hydrogen (secondary N) is 3. The third kappa shape index (κ3) is 4.59. The Balaban J connectivity index is 1.35. The summed E-state index contributed by atoms with van der Waals surface area (Å²) in [5.74, 6) is 1.97. The van der Waals surface area contributed by atoms with Gasteiger partial charge >= 0.3 is 0 Å². The van der Waals surface area contributed by atoms with Gasteiger partial charge in [-0.1, -0.05) is 6.07 Å². The van der Waals surface area contributed by atoms with Crippen molar-refractivity contribution in [1.82, 2.24) is 30.5 Å². The van der Waals surface area contributed by atoms with Gasteiger partial charge in [-0.15, -0.1) is 5.10 Å². The number of allylic oxidation sites excluding steroid dienone is 1. The first-order valence-electron chi connectivity index (χ1n) is 10.5. The van der Waals surface area contributed by atoms with Crippen molar-refractivity contribution in [3.05, 3.63) is 84.1 Å². The van der Waals surface area contributed by atoms with Crippen LogP contribution in [0.4, 0.5) is 11.6 Å². The Morgan fingerprint density at radius 1 is 1.06 bits per heavy atom. The van der Waals surface area contributed by atoms with E-state index in [1.54, 1.807) is 12.4 Å². The molecule has 1 aliphatic rings. The first-order valence-corrected chi connectivity index (χ1v) is 10.5. The molecule has 4 aromatic heterocycles. The lowest BCUT2D eigenvalue weighted by atomic mass is 10.1. The molecule has 0 radical (unpaired) electrons. The van der Waals surface area contributed by atoms with Crippen LogP contribution in [0.1, 0.15) is 35.4 Å². The molecule has 0 aliphatic heterocycles. The van der Waals surface area contributed by atoms with Gasteiger partial charge in [0, 0.05) is 48.7 Å².